The molecule has 0 spiro atoms. The van der Waals surface area contributed by atoms with Crippen LogP contribution in [0.25, 0.3) is 0 Å². The van der Waals surface area contributed by atoms with Crippen molar-refractivity contribution < 1.29 is 9.53 Å². The Morgan fingerprint density at radius 2 is 1.93 bits per heavy atom. The summed E-state index contributed by atoms with van der Waals surface area (Å²) in [5, 5.41) is 3.06. The number of rotatable bonds is 6. The average molecular weight is 380 g/mol. The number of likely N-dealkylation sites (N-methyl/N-ethyl adjacent to an activating group) is 1. The molecule has 28 heavy (non-hydrogen) atoms. The van der Waals surface area contributed by atoms with Gasteiger partial charge in [-0.1, -0.05) is 12.1 Å². The Morgan fingerprint density at radius 3 is 2.57 bits per heavy atom. The van der Waals surface area contributed by atoms with Crippen LogP contribution in [0.2, 0.25) is 0 Å². The fraction of sp³-hybridized carbons (Fsp3) is 0.455. The van der Waals surface area contributed by atoms with E-state index in [0.717, 1.165) is 37.5 Å². The van der Waals surface area contributed by atoms with Gasteiger partial charge in [-0.15, -0.1) is 0 Å². The van der Waals surface area contributed by atoms with Gasteiger partial charge >= 0.3 is 0 Å². The molecule has 0 radical (unpaired) electrons. The van der Waals surface area contributed by atoms with Crippen molar-refractivity contribution in [3.63, 3.8) is 0 Å². The quantitative estimate of drug-likeness (QED) is 0.835. The largest absolute Gasteiger partial charge is 0.497 e. The maximum atomic E-state index is 12.4. The van der Waals surface area contributed by atoms with Gasteiger partial charge in [-0.05, 0) is 56.8 Å². The third-order valence-corrected chi connectivity index (χ3v) is 5.74. The SMILES string of the molecule is COc1ccc([C@@H]2CN(c3cc(C(=O)NC4CC4)ccn3)C[C@H]2N(C)C)cc1. The zero-order valence-electron chi connectivity index (χ0n) is 16.8. The van der Waals surface area contributed by atoms with Gasteiger partial charge in [0.25, 0.3) is 5.91 Å². The van der Waals surface area contributed by atoms with E-state index in [2.05, 4.69) is 46.3 Å². The summed E-state index contributed by atoms with van der Waals surface area (Å²) < 4.78 is 5.30. The first kappa shape index (κ1) is 18.7. The molecule has 1 aromatic heterocycles. The maximum Gasteiger partial charge on any atom is 0.251 e. The van der Waals surface area contributed by atoms with Crippen molar-refractivity contribution in [2.24, 2.45) is 0 Å². The van der Waals surface area contributed by atoms with Crippen molar-refractivity contribution in [3.05, 3.63) is 53.7 Å². The van der Waals surface area contributed by atoms with Crippen LogP contribution >= 0.6 is 0 Å². The molecule has 1 aromatic carbocycles. The lowest BCUT2D eigenvalue weighted by Crippen LogP contribution is -2.34. The van der Waals surface area contributed by atoms with Crippen LogP contribution < -0.4 is 15.0 Å². The molecule has 2 fully saturated rings. The van der Waals surface area contributed by atoms with Crippen LogP contribution in [-0.2, 0) is 0 Å². The molecule has 1 saturated heterocycles. The Labute approximate surface area is 166 Å². The molecular weight excluding hydrogens is 352 g/mol. The molecule has 148 valence electrons. The third kappa shape index (κ3) is 3.97. The van der Waals surface area contributed by atoms with E-state index < -0.39 is 0 Å². The summed E-state index contributed by atoms with van der Waals surface area (Å²) in [6.07, 6.45) is 3.91. The predicted molar refractivity (Wildman–Crippen MR) is 110 cm³/mol. The molecule has 6 nitrogen and oxygen atoms in total. The number of aromatic nitrogens is 1. The van der Waals surface area contributed by atoms with Crippen molar-refractivity contribution in [2.75, 3.05) is 39.2 Å². The lowest BCUT2D eigenvalue weighted by molar-refractivity contribution is 0.0951. The zero-order valence-corrected chi connectivity index (χ0v) is 16.8. The van der Waals surface area contributed by atoms with Gasteiger partial charge in [-0.25, -0.2) is 4.98 Å². The molecule has 1 N–H and O–H groups in total. The number of carbonyl (C=O) groups is 1. The minimum Gasteiger partial charge on any atom is -0.497 e. The molecule has 1 amide bonds. The van der Waals surface area contributed by atoms with Gasteiger partial charge in [0.1, 0.15) is 11.6 Å². The second-order valence-electron chi connectivity index (χ2n) is 7.97. The topological polar surface area (TPSA) is 57.7 Å². The Morgan fingerprint density at radius 1 is 1.18 bits per heavy atom. The van der Waals surface area contributed by atoms with E-state index in [4.69, 9.17) is 4.74 Å². The second kappa shape index (κ2) is 7.80. The second-order valence-corrected chi connectivity index (χ2v) is 7.97. The summed E-state index contributed by atoms with van der Waals surface area (Å²) in [4.78, 5) is 21.5. The highest BCUT2D eigenvalue weighted by atomic mass is 16.5. The third-order valence-electron chi connectivity index (χ3n) is 5.74. The molecule has 2 aliphatic rings. The van der Waals surface area contributed by atoms with Gasteiger partial charge in [-0.2, -0.15) is 0 Å². The normalized spacial score (nSPS) is 21.8. The highest BCUT2D eigenvalue weighted by molar-refractivity contribution is 5.95. The Bertz CT molecular complexity index is 833. The van der Waals surface area contributed by atoms with Crippen molar-refractivity contribution in [3.8, 4) is 5.75 Å². The first-order valence-electron chi connectivity index (χ1n) is 9.87. The number of ether oxygens (including phenoxy) is 1. The number of hydrogen-bond acceptors (Lipinski definition) is 5. The smallest absolute Gasteiger partial charge is 0.251 e. The van der Waals surface area contributed by atoms with Gasteiger partial charge in [0.2, 0.25) is 0 Å². The maximum absolute atomic E-state index is 12.4. The number of benzene rings is 1. The lowest BCUT2D eigenvalue weighted by atomic mass is 9.93. The molecule has 1 saturated carbocycles. The molecule has 6 heteroatoms. The molecule has 2 atom stereocenters. The highest BCUT2D eigenvalue weighted by Crippen LogP contribution is 2.33. The van der Waals surface area contributed by atoms with Crippen molar-refractivity contribution in [1.29, 1.82) is 0 Å². The van der Waals surface area contributed by atoms with Crippen LogP contribution in [0.1, 0.15) is 34.7 Å². The van der Waals surface area contributed by atoms with Gasteiger partial charge in [-0.3, -0.25) is 4.79 Å². The van der Waals surface area contributed by atoms with Gasteiger partial charge in [0.15, 0.2) is 0 Å². The lowest BCUT2D eigenvalue weighted by Gasteiger charge is -2.25. The summed E-state index contributed by atoms with van der Waals surface area (Å²) in [6.45, 7) is 1.75. The first-order chi connectivity index (χ1) is 13.5. The van der Waals surface area contributed by atoms with Crippen molar-refractivity contribution in [1.82, 2.24) is 15.2 Å². The van der Waals surface area contributed by atoms with Crippen LogP contribution in [0.3, 0.4) is 0 Å². The van der Waals surface area contributed by atoms with Crippen LogP contribution in [0.4, 0.5) is 5.82 Å². The van der Waals surface area contributed by atoms with E-state index in [1.165, 1.54) is 5.56 Å². The van der Waals surface area contributed by atoms with Crippen LogP contribution in [0.5, 0.6) is 5.75 Å². The molecule has 2 heterocycles. The first-order valence-corrected chi connectivity index (χ1v) is 9.87. The van der Waals surface area contributed by atoms with Crippen LogP contribution in [-0.4, -0.2) is 62.2 Å². The number of carbonyl (C=O) groups excluding carboxylic acids is 1. The number of pyridine rings is 1. The predicted octanol–water partition coefficient (Wildman–Crippen LogP) is 2.52. The van der Waals surface area contributed by atoms with E-state index in [1.54, 1.807) is 19.4 Å². The summed E-state index contributed by atoms with van der Waals surface area (Å²) in [5.74, 6) is 2.11. The standard InChI is InChI=1S/C22H28N4O2/c1-25(2)20-14-26(13-19(20)15-4-8-18(28-3)9-5-15)21-12-16(10-11-23-21)22(27)24-17-6-7-17/h4-5,8-12,17,19-20H,6-7,13-14H2,1-3H3,(H,24,27)/t19-,20+/m0/s1. The number of hydrogen-bond donors (Lipinski definition) is 1. The molecule has 0 unspecified atom stereocenters. The fourth-order valence-electron chi connectivity index (χ4n) is 3.90. The molecule has 1 aliphatic heterocycles. The Hall–Kier alpha value is -2.60. The number of amides is 1. The molecule has 4 rings (SSSR count). The monoisotopic (exact) mass is 380 g/mol. The average Bonchev–Trinajstić information content (AvgIpc) is 3.41. The summed E-state index contributed by atoms with van der Waals surface area (Å²) in [5.41, 5.74) is 1.98. The number of nitrogens with one attached hydrogen (secondary N) is 1. The van der Waals surface area contributed by atoms with Gasteiger partial charge in [0.05, 0.1) is 7.11 Å². The van der Waals surface area contributed by atoms with E-state index in [9.17, 15) is 4.79 Å². The van der Waals surface area contributed by atoms with Crippen molar-refractivity contribution >= 4 is 11.7 Å². The molecule has 2 aromatic rings. The van der Waals surface area contributed by atoms with Gasteiger partial charge in [0, 0.05) is 42.9 Å². The van der Waals surface area contributed by atoms with Crippen LogP contribution in [0, 0.1) is 0 Å². The zero-order chi connectivity index (χ0) is 19.7. The number of methoxy groups -OCH3 is 1. The highest BCUT2D eigenvalue weighted by Gasteiger charge is 2.36. The van der Waals surface area contributed by atoms with E-state index >= 15 is 0 Å². The minimum absolute atomic E-state index is 0.00112. The van der Waals surface area contributed by atoms with E-state index in [-0.39, 0.29) is 5.91 Å². The molecular formula is C22H28N4O2. The Balaban J connectivity index is 1.54. The number of nitrogens with zero attached hydrogens (tertiary/aromatic N) is 3. The van der Waals surface area contributed by atoms with Gasteiger partial charge < -0.3 is 19.9 Å². The fourth-order valence-corrected chi connectivity index (χ4v) is 3.90. The molecule has 0 bridgehead atoms. The van der Waals surface area contributed by atoms with E-state index in [1.807, 2.05) is 18.2 Å². The summed E-state index contributed by atoms with van der Waals surface area (Å²) >= 11 is 0. The number of anilines is 1. The summed E-state index contributed by atoms with van der Waals surface area (Å²) in [7, 11) is 5.93. The van der Waals surface area contributed by atoms with E-state index in [0.29, 0.717) is 23.6 Å². The van der Waals surface area contributed by atoms with Crippen LogP contribution in [0.15, 0.2) is 42.6 Å². The minimum atomic E-state index is 0.00112. The Kier molecular flexibility index (Phi) is 5.22. The summed E-state index contributed by atoms with van der Waals surface area (Å²) in [6, 6.07) is 12.8. The van der Waals surface area contributed by atoms with Crippen molar-refractivity contribution in [2.45, 2.75) is 30.8 Å². The molecule has 1 aliphatic carbocycles.